The molecule has 2 heterocycles. The van der Waals surface area contributed by atoms with Crippen molar-refractivity contribution >= 4 is 50.3 Å². The van der Waals surface area contributed by atoms with E-state index in [0.29, 0.717) is 0 Å². The Bertz CT molecular complexity index is 1190. The third kappa shape index (κ3) is 4.33. The van der Waals surface area contributed by atoms with Crippen LogP contribution >= 0.6 is 27.7 Å². The Labute approximate surface area is 180 Å². The van der Waals surface area contributed by atoms with Crippen molar-refractivity contribution in [1.29, 1.82) is 0 Å². The van der Waals surface area contributed by atoms with E-state index in [-0.39, 0.29) is 11.7 Å². The van der Waals surface area contributed by atoms with Gasteiger partial charge >= 0.3 is 0 Å². The van der Waals surface area contributed by atoms with Crippen LogP contribution < -0.4 is 5.32 Å². The number of carbonyl (C=O) groups is 1. The topological polar surface area (TPSA) is 72.7 Å². The maximum atomic E-state index is 12.3. The lowest BCUT2D eigenvalue weighted by molar-refractivity contribution is -0.113. The molecule has 0 bridgehead atoms. The zero-order valence-corrected chi connectivity index (χ0v) is 18.3. The average Bonchev–Trinajstić information content (AvgIpc) is 3.13. The number of benzene rings is 2. The van der Waals surface area contributed by atoms with Crippen LogP contribution in [0.5, 0.6) is 0 Å². The number of nitrogens with one attached hydrogen (secondary N) is 1. The SMILES string of the molecule is Cc1ccc(-n2ncc3c(SCC(=O)Nc4ccc(Br)cc4)ncnc32)c(C)c1. The number of thioether (sulfide) groups is 1. The number of aryl methyl sites for hydroxylation is 2. The fourth-order valence-corrected chi connectivity index (χ4v) is 4.05. The second-order valence-corrected chi connectivity index (χ2v) is 8.49. The first kappa shape index (κ1) is 19.6. The number of hydrogen-bond donors (Lipinski definition) is 1. The molecular formula is C21H18BrN5OS. The quantitative estimate of drug-likeness (QED) is 0.332. The smallest absolute Gasteiger partial charge is 0.234 e. The van der Waals surface area contributed by atoms with Crippen molar-refractivity contribution in [1.82, 2.24) is 19.7 Å². The van der Waals surface area contributed by atoms with E-state index in [1.165, 1.54) is 23.7 Å². The Morgan fingerprint density at radius 1 is 1.14 bits per heavy atom. The van der Waals surface area contributed by atoms with Gasteiger partial charge in [0.15, 0.2) is 5.65 Å². The second kappa shape index (κ2) is 8.34. The molecule has 4 rings (SSSR count). The molecule has 2 aromatic carbocycles. The Morgan fingerprint density at radius 3 is 2.69 bits per heavy atom. The number of amides is 1. The normalized spacial score (nSPS) is 11.0. The van der Waals surface area contributed by atoms with Crippen LogP contribution in [0.25, 0.3) is 16.7 Å². The molecule has 0 aliphatic rings. The summed E-state index contributed by atoms with van der Waals surface area (Å²) in [6.45, 7) is 4.12. The van der Waals surface area contributed by atoms with Crippen LogP contribution in [0.3, 0.4) is 0 Å². The van der Waals surface area contributed by atoms with E-state index in [1.807, 2.05) is 35.0 Å². The molecule has 0 atom stereocenters. The first-order chi connectivity index (χ1) is 14.0. The van der Waals surface area contributed by atoms with E-state index in [9.17, 15) is 4.79 Å². The number of carbonyl (C=O) groups excluding carboxylic acids is 1. The minimum atomic E-state index is -0.0918. The lowest BCUT2D eigenvalue weighted by Crippen LogP contribution is -2.14. The van der Waals surface area contributed by atoms with Crippen molar-refractivity contribution in [2.45, 2.75) is 18.9 Å². The third-order valence-electron chi connectivity index (χ3n) is 4.38. The van der Waals surface area contributed by atoms with Gasteiger partial charge in [-0.1, -0.05) is 45.4 Å². The van der Waals surface area contributed by atoms with Gasteiger partial charge in [-0.3, -0.25) is 4.79 Å². The highest BCUT2D eigenvalue weighted by molar-refractivity contribution is 9.10. The lowest BCUT2D eigenvalue weighted by Gasteiger charge is -2.08. The lowest BCUT2D eigenvalue weighted by atomic mass is 10.1. The monoisotopic (exact) mass is 467 g/mol. The first-order valence-electron chi connectivity index (χ1n) is 8.96. The van der Waals surface area contributed by atoms with E-state index >= 15 is 0 Å². The van der Waals surface area contributed by atoms with Crippen molar-refractivity contribution in [2.75, 3.05) is 11.1 Å². The fraction of sp³-hybridized carbons (Fsp3) is 0.143. The van der Waals surface area contributed by atoms with Crippen LogP contribution in [0.4, 0.5) is 5.69 Å². The molecule has 4 aromatic rings. The molecule has 0 saturated heterocycles. The summed E-state index contributed by atoms with van der Waals surface area (Å²) in [5, 5.41) is 8.96. The van der Waals surface area contributed by atoms with Gasteiger partial charge in [-0.15, -0.1) is 0 Å². The largest absolute Gasteiger partial charge is 0.325 e. The predicted molar refractivity (Wildman–Crippen MR) is 120 cm³/mol. The molecule has 0 aliphatic carbocycles. The van der Waals surface area contributed by atoms with Gasteiger partial charge in [0.1, 0.15) is 11.4 Å². The number of rotatable bonds is 5. The van der Waals surface area contributed by atoms with E-state index in [4.69, 9.17) is 0 Å². The summed E-state index contributed by atoms with van der Waals surface area (Å²) in [7, 11) is 0. The van der Waals surface area contributed by atoms with Gasteiger partial charge in [0.25, 0.3) is 0 Å². The van der Waals surface area contributed by atoms with Crippen LogP contribution in [0, 0.1) is 13.8 Å². The van der Waals surface area contributed by atoms with Gasteiger partial charge in [-0.2, -0.15) is 5.10 Å². The fourth-order valence-electron chi connectivity index (χ4n) is 3.02. The van der Waals surface area contributed by atoms with Gasteiger partial charge in [0.05, 0.1) is 23.0 Å². The Balaban J connectivity index is 1.53. The van der Waals surface area contributed by atoms with Gasteiger partial charge in [-0.25, -0.2) is 14.6 Å². The molecule has 0 saturated carbocycles. The van der Waals surface area contributed by atoms with E-state index in [1.54, 1.807) is 6.20 Å². The molecular weight excluding hydrogens is 450 g/mol. The molecule has 8 heteroatoms. The van der Waals surface area contributed by atoms with Crippen molar-refractivity contribution < 1.29 is 4.79 Å². The standard InChI is InChI=1S/C21H18BrN5OS/c1-13-3-8-18(14(2)9-13)27-20-17(10-25-27)21(24-12-23-20)29-11-19(28)26-16-6-4-15(22)5-7-16/h3-10,12H,11H2,1-2H3,(H,26,28). The molecule has 1 N–H and O–H groups in total. The first-order valence-corrected chi connectivity index (χ1v) is 10.7. The molecule has 0 aliphatic heterocycles. The highest BCUT2D eigenvalue weighted by Crippen LogP contribution is 2.27. The van der Waals surface area contributed by atoms with E-state index < -0.39 is 0 Å². The van der Waals surface area contributed by atoms with Crippen molar-refractivity contribution in [3.8, 4) is 5.69 Å². The minimum absolute atomic E-state index is 0.0918. The number of anilines is 1. The third-order valence-corrected chi connectivity index (χ3v) is 5.91. The highest BCUT2D eigenvalue weighted by atomic mass is 79.9. The van der Waals surface area contributed by atoms with Crippen LogP contribution in [-0.2, 0) is 4.79 Å². The summed E-state index contributed by atoms with van der Waals surface area (Å²) < 4.78 is 2.78. The van der Waals surface area contributed by atoms with Gasteiger partial charge in [0, 0.05) is 10.2 Å². The zero-order valence-electron chi connectivity index (χ0n) is 15.9. The van der Waals surface area contributed by atoms with Crippen LogP contribution in [0.15, 0.2) is 64.5 Å². The number of halogens is 1. The number of fused-ring (bicyclic) bond motifs is 1. The summed E-state index contributed by atoms with van der Waals surface area (Å²) >= 11 is 4.75. The molecule has 0 spiro atoms. The maximum absolute atomic E-state index is 12.3. The van der Waals surface area contributed by atoms with Crippen LogP contribution in [0.2, 0.25) is 0 Å². The summed E-state index contributed by atoms with van der Waals surface area (Å²) in [5.41, 5.74) is 4.78. The van der Waals surface area contributed by atoms with Crippen LogP contribution in [-0.4, -0.2) is 31.4 Å². The number of nitrogens with zero attached hydrogens (tertiary/aromatic N) is 4. The average molecular weight is 468 g/mol. The van der Waals surface area contributed by atoms with E-state index in [2.05, 4.69) is 62.3 Å². The number of hydrogen-bond acceptors (Lipinski definition) is 5. The molecule has 0 fully saturated rings. The molecule has 146 valence electrons. The number of aromatic nitrogens is 4. The summed E-state index contributed by atoms with van der Waals surface area (Å²) in [6, 6.07) is 13.7. The van der Waals surface area contributed by atoms with E-state index in [0.717, 1.165) is 37.5 Å². The molecule has 6 nitrogen and oxygen atoms in total. The van der Waals surface area contributed by atoms with Gasteiger partial charge in [0.2, 0.25) is 5.91 Å². The molecule has 0 radical (unpaired) electrons. The second-order valence-electron chi connectivity index (χ2n) is 6.61. The Hall–Kier alpha value is -2.71. The summed E-state index contributed by atoms with van der Waals surface area (Å²) in [6.07, 6.45) is 3.27. The van der Waals surface area contributed by atoms with Crippen LogP contribution in [0.1, 0.15) is 11.1 Å². The zero-order chi connectivity index (χ0) is 20.4. The molecule has 0 unspecified atom stereocenters. The maximum Gasteiger partial charge on any atom is 0.234 e. The Kier molecular flexibility index (Phi) is 5.64. The molecule has 1 amide bonds. The van der Waals surface area contributed by atoms with Crippen molar-refractivity contribution in [3.05, 3.63) is 70.6 Å². The summed E-state index contributed by atoms with van der Waals surface area (Å²) in [5.74, 6) is 0.155. The van der Waals surface area contributed by atoms with Gasteiger partial charge in [-0.05, 0) is 49.7 Å². The van der Waals surface area contributed by atoms with Crippen molar-refractivity contribution in [2.24, 2.45) is 0 Å². The predicted octanol–water partition coefficient (Wildman–Crippen LogP) is 4.93. The highest BCUT2D eigenvalue weighted by Gasteiger charge is 2.14. The summed E-state index contributed by atoms with van der Waals surface area (Å²) in [4.78, 5) is 21.1. The molecule has 29 heavy (non-hydrogen) atoms. The van der Waals surface area contributed by atoms with Gasteiger partial charge < -0.3 is 5.32 Å². The van der Waals surface area contributed by atoms with Crippen molar-refractivity contribution in [3.63, 3.8) is 0 Å². The Morgan fingerprint density at radius 2 is 1.93 bits per heavy atom. The minimum Gasteiger partial charge on any atom is -0.325 e. The molecule has 2 aromatic heterocycles.